The van der Waals surface area contributed by atoms with E-state index in [4.69, 9.17) is 9.47 Å². The molecule has 6 nitrogen and oxygen atoms in total. The molecule has 0 aromatic heterocycles. The number of aromatic hydroxyl groups is 4. The Labute approximate surface area is 118 Å². The van der Waals surface area contributed by atoms with Crippen LogP contribution in [-0.2, 0) is 0 Å². The topological polar surface area (TPSA) is 99.4 Å². The molecule has 4 rings (SSSR count). The quantitative estimate of drug-likeness (QED) is 0.555. The smallest absolute Gasteiger partial charge is 0.188 e. The molecular weight excluding hydrogens is 276 g/mol. The predicted molar refractivity (Wildman–Crippen MR) is 71.5 cm³/mol. The molecule has 0 bridgehead atoms. The van der Waals surface area contributed by atoms with Crippen molar-refractivity contribution in [2.24, 2.45) is 0 Å². The summed E-state index contributed by atoms with van der Waals surface area (Å²) < 4.78 is 11.3. The van der Waals surface area contributed by atoms with E-state index in [1.807, 2.05) is 0 Å². The molecule has 106 valence electrons. The fraction of sp³-hybridized carbons (Fsp3) is 0.0667. The summed E-state index contributed by atoms with van der Waals surface area (Å²) in [5, 5.41) is 38.5. The minimum absolute atomic E-state index is 0.113. The summed E-state index contributed by atoms with van der Waals surface area (Å²) in [6, 6.07) is 5.25. The Morgan fingerprint density at radius 2 is 1.57 bits per heavy atom. The minimum Gasteiger partial charge on any atom is -0.508 e. The highest BCUT2D eigenvalue weighted by Crippen LogP contribution is 2.52. The molecule has 2 aliphatic heterocycles. The highest BCUT2D eigenvalue weighted by atomic mass is 16.6. The van der Waals surface area contributed by atoms with Crippen LogP contribution in [0.25, 0.3) is 6.08 Å². The number of hydrogen-bond acceptors (Lipinski definition) is 6. The molecule has 1 atom stereocenters. The Bertz CT molecular complexity index is 808. The Morgan fingerprint density at radius 3 is 2.38 bits per heavy atom. The van der Waals surface area contributed by atoms with Crippen molar-refractivity contribution in [3.05, 3.63) is 41.2 Å². The number of phenolic OH excluding ortho intramolecular Hbond substituents is 4. The lowest BCUT2D eigenvalue weighted by Gasteiger charge is -2.21. The number of benzene rings is 2. The standard InChI is InChI=1S/C15H10O6/c16-7-3-10(19)14-12(4-7)20-13-2-6-1-8(17)9(18)5-11(6)21-15(13)14/h1-5,15-19H. The van der Waals surface area contributed by atoms with Gasteiger partial charge in [0.2, 0.25) is 0 Å². The first kappa shape index (κ1) is 11.8. The van der Waals surface area contributed by atoms with E-state index in [0.717, 1.165) is 0 Å². The van der Waals surface area contributed by atoms with Gasteiger partial charge in [0.1, 0.15) is 23.0 Å². The first-order valence-corrected chi connectivity index (χ1v) is 6.21. The molecule has 0 saturated heterocycles. The van der Waals surface area contributed by atoms with Crippen LogP contribution in [0.1, 0.15) is 17.2 Å². The monoisotopic (exact) mass is 286 g/mol. The zero-order valence-electron chi connectivity index (χ0n) is 10.6. The van der Waals surface area contributed by atoms with Gasteiger partial charge < -0.3 is 29.9 Å². The third kappa shape index (κ3) is 1.59. The number of fused-ring (bicyclic) bond motifs is 4. The van der Waals surface area contributed by atoms with E-state index in [-0.39, 0.29) is 23.0 Å². The fourth-order valence-corrected chi connectivity index (χ4v) is 2.56. The predicted octanol–water partition coefficient (Wildman–Crippen LogP) is 2.38. The molecule has 2 aromatic rings. The Morgan fingerprint density at radius 1 is 0.810 bits per heavy atom. The number of ether oxygens (including phenoxy) is 2. The van der Waals surface area contributed by atoms with Crippen LogP contribution in [0.5, 0.6) is 34.5 Å². The van der Waals surface area contributed by atoms with Crippen LogP contribution in [0.2, 0.25) is 0 Å². The molecule has 6 heteroatoms. The summed E-state index contributed by atoms with van der Waals surface area (Å²) in [5.41, 5.74) is 0.963. The van der Waals surface area contributed by atoms with E-state index < -0.39 is 6.10 Å². The molecule has 0 spiro atoms. The van der Waals surface area contributed by atoms with Crippen LogP contribution in [0.15, 0.2) is 30.0 Å². The van der Waals surface area contributed by atoms with Gasteiger partial charge in [-0.05, 0) is 12.1 Å². The summed E-state index contributed by atoms with van der Waals surface area (Å²) in [7, 11) is 0. The third-order valence-corrected chi connectivity index (χ3v) is 3.50. The Balaban J connectivity index is 1.87. The van der Waals surface area contributed by atoms with Crippen molar-refractivity contribution in [1.29, 1.82) is 0 Å². The second-order valence-corrected chi connectivity index (χ2v) is 4.90. The van der Waals surface area contributed by atoms with Gasteiger partial charge in [0, 0.05) is 23.8 Å². The zero-order valence-corrected chi connectivity index (χ0v) is 10.6. The second-order valence-electron chi connectivity index (χ2n) is 4.90. The van der Waals surface area contributed by atoms with Gasteiger partial charge in [-0.25, -0.2) is 0 Å². The van der Waals surface area contributed by atoms with Gasteiger partial charge >= 0.3 is 0 Å². The van der Waals surface area contributed by atoms with E-state index >= 15 is 0 Å². The molecule has 0 radical (unpaired) electrons. The maximum Gasteiger partial charge on any atom is 0.188 e. The van der Waals surface area contributed by atoms with Gasteiger partial charge in [-0.1, -0.05) is 0 Å². The molecule has 2 aliphatic rings. The van der Waals surface area contributed by atoms with Crippen molar-refractivity contribution >= 4 is 6.08 Å². The first-order chi connectivity index (χ1) is 10.0. The highest BCUT2D eigenvalue weighted by Gasteiger charge is 2.38. The summed E-state index contributed by atoms with van der Waals surface area (Å²) in [6.45, 7) is 0. The lowest BCUT2D eigenvalue weighted by Crippen LogP contribution is -2.12. The maximum atomic E-state index is 9.96. The normalized spacial score (nSPS) is 17.9. The van der Waals surface area contributed by atoms with Crippen LogP contribution in [0, 0.1) is 0 Å². The van der Waals surface area contributed by atoms with Crippen LogP contribution >= 0.6 is 0 Å². The first-order valence-electron chi connectivity index (χ1n) is 6.21. The molecule has 2 aromatic carbocycles. The van der Waals surface area contributed by atoms with E-state index in [1.54, 1.807) is 6.08 Å². The van der Waals surface area contributed by atoms with Crippen LogP contribution in [0.3, 0.4) is 0 Å². The molecule has 0 aliphatic carbocycles. The van der Waals surface area contributed by atoms with Crippen molar-refractivity contribution in [2.75, 3.05) is 0 Å². The number of rotatable bonds is 0. The van der Waals surface area contributed by atoms with Crippen molar-refractivity contribution in [3.8, 4) is 34.5 Å². The fourth-order valence-electron chi connectivity index (χ4n) is 2.56. The van der Waals surface area contributed by atoms with Gasteiger partial charge in [0.05, 0.1) is 5.56 Å². The van der Waals surface area contributed by atoms with Crippen LogP contribution in [-0.4, -0.2) is 20.4 Å². The van der Waals surface area contributed by atoms with Crippen molar-refractivity contribution in [3.63, 3.8) is 0 Å². The largest absolute Gasteiger partial charge is 0.508 e. The molecule has 2 heterocycles. The summed E-state index contributed by atoms with van der Waals surface area (Å²) in [5.74, 6) is 0.308. The SMILES string of the molecule is Oc1cc(O)c2c(c1)OC1=Cc3cc(O)c(O)cc3OC12. The van der Waals surface area contributed by atoms with E-state index in [2.05, 4.69) is 0 Å². The van der Waals surface area contributed by atoms with Crippen LogP contribution in [0.4, 0.5) is 0 Å². The lowest BCUT2D eigenvalue weighted by molar-refractivity contribution is 0.208. The van der Waals surface area contributed by atoms with Crippen LogP contribution < -0.4 is 9.47 Å². The van der Waals surface area contributed by atoms with E-state index in [9.17, 15) is 20.4 Å². The zero-order chi connectivity index (χ0) is 14.7. The van der Waals surface area contributed by atoms with Gasteiger partial charge in [0.25, 0.3) is 0 Å². The average Bonchev–Trinajstić information content (AvgIpc) is 2.74. The third-order valence-electron chi connectivity index (χ3n) is 3.50. The van der Waals surface area contributed by atoms with Crippen molar-refractivity contribution in [2.45, 2.75) is 6.10 Å². The summed E-state index contributed by atoms with van der Waals surface area (Å²) in [4.78, 5) is 0. The molecule has 1 unspecified atom stereocenters. The molecule has 0 saturated carbocycles. The maximum absolute atomic E-state index is 9.96. The molecule has 0 amide bonds. The van der Waals surface area contributed by atoms with Crippen molar-refractivity contribution < 1.29 is 29.9 Å². The van der Waals surface area contributed by atoms with Gasteiger partial charge in [-0.15, -0.1) is 0 Å². The summed E-state index contributed by atoms with van der Waals surface area (Å²) >= 11 is 0. The number of phenols is 4. The molecule has 4 N–H and O–H groups in total. The van der Waals surface area contributed by atoms with Gasteiger partial charge in [-0.3, -0.25) is 0 Å². The Hall–Kier alpha value is -3.02. The van der Waals surface area contributed by atoms with E-state index in [1.165, 1.54) is 24.3 Å². The van der Waals surface area contributed by atoms with Crippen molar-refractivity contribution in [1.82, 2.24) is 0 Å². The van der Waals surface area contributed by atoms with Gasteiger partial charge in [0.15, 0.2) is 23.4 Å². The second kappa shape index (κ2) is 3.76. The average molecular weight is 286 g/mol. The molecule has 21 heavy (non-hydrogen) atoms. The molecular formula is C15H10O6. The Kier molecular flexibility index (Phi) is 2.11. The summed E-state index contributed by atoms with van der Waals surface area (Å²) in [6.07, 6.45) is 0.996. The van der Waals surface area contributed by atoms with Gasteiger partial charge in [-0.2, -0.15) is 0 Å². The number of hydrogen-bond donors (Lipinski definition) is 4. The minimum atomic E-state index is -0.656. The molecule has 0 fully saturated rings. The highest BCUT2D eigenvalue weighted by molar-refractivity contribution is 5.70. The lowest BCUT2D eigenvalue weighted by atomic mass is 10.0. The van der Waals surface area contributed by atoms with E-state index in [0.29, 0.717) is 28.4 Å².